The van der Waals surface area contributed by atoms with E-state index in [0.717, 1.165) is 43.6 Å². The van der Waals surface area contributed by atoms with Crippen LogP contribution in [0, 0.1) is 0 Å². The molecule has 0 amide bonds. The monoisotopic (exact) mass is 475 g/mol. The number of benzene rings is 2. The summed E-state index contributed by atoms with van der Waals surface area (Å²) in [4.78, 5) is 35.8. The van der Waals surface area contributed by atoms with Gasteiger partial charge in [-0.25, -0.2) is 4.98 Å². The topological polar surface area (TPSA) is 107 Å². The number of hydrogen-bond acceptors (Lipinski definition) is 5. The Bertz CT molecular complexity index is 1510. The number of H-pyrrole nitrogens is 2. The molecule has 3 N–H and O–H groups in total. The third kappa shape index (κ3) is 4.79. The summed E-state index contributed by atoms with van der Waals surface area (Å²) < 4.78 is 1.59. The summed E-state index contributed by atoms with van der Waals surface area (Å²) in [5.74, 6) is -0.00678. The van der Waals surface area contributed by atoms with E-state index in [9.17, 15) is 14.7 Å². The van der Waals surface area contributed by atoms with Crippen molar-refractivity contribution in [2.45, 2.75) is 47.1 Å². The van der Waals surface area contributed by atoms with Crippen molar-refractivity contribution in [1.29, 1.82) is 0 Å². The lowest BCUT2D eigenvalue weighted by molar-refractivity contribution is 0.271. The molecule has 184 valence electrons. The van der Waals surface area contributed by atoms with Gasteiger partial charge in [0.25, 0.3) is 11.1 Å². The Morgan fingerprint density at radius 2 is 1.97 bits per heavy atom. The normalized spacial score (nSPS) is 12.3. The summed E-state index contributed by atoms with van der Waals surface area (Å²) in [6.45, 7) is 11.4. The maximum atomic E-state index is 13.1. The van der Waals surface area contributed by atoms with Crippen molar-refractivity contribution in [3.63, 3.8) is 0 Å². The highest BCUT2D eigenvalue weighted by molar-refractivity contribution is 5.94. The number of phenolic OH excluding ortho intramolecular Hbond substituents is 1. The molecule has 0 spiro atoms. The smallest absolute Gasteiger partial charge is 0.275 e. The molecule has 35 heavy (non-hydrogen) atoms. The van der Waals surface area contributed by atoms with Crippen LogP contribution in [-0.2, 0) is 6.54 Å². The first kappa shape index (κ1) is 24.5. The number of aromatic amines is 2. The highest BCUT2D eigenvalue weighted by atomic mass is 16.3. The summed E-state index contributed by atoms with van der Waals surface area (Å²) in [7, 11) is 0. The first-order valence-corrected chi connectivity index (χ1v) is 12.3. The van der Waals surface area contributed by atoms with Gasteiger partial charge in [-0.1, -0.05) is 39.0 Å². The van der Waals surface area contributed by atoms with Crippen molar-refractivity contribution in [3.05, 3.63) is 62.7 Å². The van der Waals surface area contributed by atoms with Crippen LogP contribution in [0.2, 0.25) is 0 Å². The molecule has 2 aromatic carbocycles. The summed E-state index contributed by atoms with van der Waals surface area (Å²) in [6, 6.07) is 8.75. The van der Waals surface area contributed by atoms with E-state index in [2.05, 4.69) is 39.9 Å². The number of likely N-dealkylation sites (N-methyl/N-ethyl adjacent to an activating group) is 1. The van der Waals surface area contributed by atoms with Gasteiger partial charge < -0.3 is 15.0 Å². The summed E-state index contributed by atoms with van der Waals surface area (Å²) >= 11 is 0. The molecule has 4 aromatic rings. The van der Waals surface area contributed by atoms with E-state index in [1.165, 1.54) is 0 Å². The van der Waals surface area contributed by atoms with Crippen LogP contribution in [0.3, 0.4) is 0 Å². The molecule has 0 aliphatic carbocycles. The average molecular weight is 476 g/mol. The molecule has 0 unspecified atom stereocenters. The number of aromatic nitrogens is 4. The number of allylic oxidation sites excluding steroid dienone is 2. The van der Waals surface area contributed by atoms with Gasteiger partial charge in [0.1, 0.15) is 17.0 Å². The Balaban J connectivity index is 1.80. The summed E-state index contributed by atoms with van der Waals surface area (Å²) in [5, 5.41) is 14.4. The molecule has 0 saturated carbocycles. The molecule has 0 saturated heterocycles. The number of phenols is 1. The fourth-order valence-electron chi connectivity index (χ4n) is 4.53. The van der Waals surface area contributed by atoms with Crippen molar-refractivity contribution < 1.29 is 5.11 Å². The molecule has 8 nitrogen and oxygen atoms in total. The largest absolute Gasteiger partial charge is 0.506 e. The van der Waals surface area contributed by atoms with Gasteiger partial charge in [0.15, 0.2) is 0 Å². The molecule has 2 heterocycles. The highest BCUT2D eigenvalue weighted by Crippen LogP contribution is 2.29. The van der Waals surface area contributed by atoms with Gasteiger partial charge >= 0.3 is 0 Å². The standard InChI is InChI=1S/C27H33N5O3/c1-5-9-17(4)18-15-21-25(22(33)16-18)29-24(26(34)28-21)19-10-8-11-20-23(19)30-32(27(20)35)14-13-31(7-3)12-6-2/h8-11,15-16,30,33H,5-7,12-14H2,1-4H3,(H,28,34)/b17-9-. The van der Waals surface area contributed by atoms with Crippen molar-refractivity contribution in [2.75, 3.05) is 19.6 Å². The maximum Gasteiger partial charge on any atom is 0.275 e. The zero-order valence-corrected chi connectivity index (χ0v) is 20.8. The molecule has 0 atom stereocenters. The highest BCUT2D eigenvalue weighted by Gasteiger charge is 2.17. The number of para-hydroxylation sites is 1. The van der Waals surface area contributed by atoms with Crippen LogP contribution in [0.15, 0.2) is 46.0 Å². The number of fused-ring (bicyclic) bond motifs is 2. The van der Waals surface area contributed by atoms with Crippen molar-refractivity contribution in [2.24, 2.45) is 0 Å². The lowest BCUT2D eigenvalue weighted by Crippen LogP contribution is -2.31. The Labute approximate surface area is 203 Å². The Hall–Kier alpha value is -3.65. The zero-order chi connectivity index (χ0) is 25.1. The minimum Gasteiger partial charge on any atom is -0.506 e. The predicted molar refractivity (Wildman–Crippen MR) is 142 cm³/mol. The van der Waals surface area contributed by atoms with Crippen LogP contribution >= 0.6 is 0 Å². The van der Waals surface area contributed by atoms with Gasteiger partial charge in [0.2, 0.25) is 0 Å². The van der Waals surface area contributed by atoms with Crippen LogP contribution in [0.5, 0.6) is 5.75 Å². The van der Waals surface area contributed by atoms with Crippen LogP contribution in [0.25, 0.3) is 38.8 Å². The van der Waals surface area contributed by atoms with E-state index in [4.69, 9.17) is 0 Å². The van der Waals surface area contributed by atoms with Crippen LogP contribution in [-0.4, -0.2) is 49.4 Å². The Morgan fingerprint density at radius 1 is 1.17 bits per heavy atom. The Morgan fingerprint density at radius 3 is 2.69 bits per heavy atom. The number of nitrogens with one attached hydrogen (secondary N) is 2. The van der Waals surface area contributed by atoms with Crippen molar-refractivity contribution in [1.82, 2.24) is 24.6 Å². The fraction of sp³-hybridized carbons (Fsp3) is 0.370. The lowest BCUT2D eigenvalue weighted by Gasteiger charge is -2.19. The minimum atomic E-state index is -0.382. The van der Waals surface area contributed by atoms with Crippen LogP contribution in [0.1, 0.15) is 46.1 Å². The SMILES string of the molecule is CC/C=C(/C)c1cc(O)c2nc(-c3cccc4c(=O)n(CCN(CC)CCC)[nH]c34)c(=O)[nH]c2c1. The zero-order valence-electron chi connectivity index (χ0n) is 20.8. The summed E-state index contributed by atoms with van der Waals surface area (Å²) in [5.41, 5.74) is 3.34. The third-order valence-corrected chi connectivity index (χ3v) is 6.41. The third-order valence-electron chi connectivity index (χ3n) is 6.41. The fourth-order valence-corrected chi connectivity index (χ4v) is 4.53. The molecule has 4 rings (SSSR count). The molecule has 0 aliphatic heterocycles. The lowest BCUT2D eigenvalue weighted by atomic mass is 10.0. The molecule has 2 aromatic heterocycles. The van der Waals surface area contributed by atoms with E-state index >= 15 is 0 Å². The molecular weight excluding hydrogens is 442 g/mol. The van der Waals surface area contributed by atoms with Crippen molar-refractivity contribution >= 4 is 27.5 Å². The van der Waals surface area contributed by atoms with Gasteiger partial charge in [-0.3, -0.25) is 19.4 Å². The van der Waals surface area contributed by atoms with E-state index in [-0.39, 0.29) is 22.6 Å². The van der Waals surface area contributed by atoms with E-state index in [1.54, 1.807) is 28.9 Å². The second-order valence-corrected chi connectivity index (χ2v) is 8.83. The second-order valence-electron chi connectivity index (χ2n) is 8.83. The molecule has 0 bridgehead atoms. The van der Waals surface area contributed by atoms with Gasteiger partial charge in [-0.15, -0.1) is 0 Å². The summed E-state index contributed by atoms with van der Waals surface area (Å²) in [6.07, 6.45) is 3.98. The number of aromatic hydroxyl groups is 1. The first-order chi connectivity index (χ1) is 16.9. The van der Waals surface area contributed by atoms with E-state index in [1.807, 2.05) is 19.9 Å². The first-order valence-electron chi connectivity index (χ1n) is 12.3. The molecule has 8 heteroatoms. The van der Waals surface area contributed by atoms with Gasteiger partial charge in [-0.05, 0) is 62.2 Å². The number of nitrogens with zero attached hydrogens (tertiary/aromatic N) is 3. The number of rotatable bonds is 9. The van der Waals surface area contributed by atoms with Crippen LogP contribution in [0.4, 0.5) is 0 Å². The van der Waals surface area contributed by atoms with Gasteiger partial charge in [-0.2, -0.15) is 0 Å². The molecule has 0 radical (unpaired) electrons. The minimum absolute atomic E-state index is 0.00678. The van der Waals surface area contributed by atoms with E-state index in [0.29, 0.717) is 34.0 Å². The predicted octanol–water partition coefficient (Wildman–Crippen LogP) is 4.48. The maximum absolute atomic E-state index is 13.1. The van der Waals surface area contributed by atoms with Gasteiger partial charge in [0.05, 0.1) is 23.0 Å². The Kier molecular flexibility index (Phi) is 7.21. The quantitative estimate of drug-likeness (QED) is 0.331. The second kappa shape index (κ2) is 10.3. The van der Waals surface area contributed by atoms with Gasteiger partial charge in [0, 0.05) is 12.1 Å². The van der Waals surface area contributed by atoms with Crippen molar-refractivity contribution in [3.8, 4) is 17.0 Å². The molecular formula is C27H33N5O3. The average Bonchev–Trinajstić information content (AvgIpc) is 3.17. The van der Waals surface area contributed by atoms with Crippen LogP contribution < -0.4 is 11.1 Å². The number of hydrogen-bond donors (Lipinski definition) is 3. The van der Waals surface area contributed by atoms with E-state index < -0.39 is 0 Å². The molecule has 0 aliphatic rings. The molecule has 0 fully saturated rings.